The van der Waals surface area contributed by atoms with Crippen LogP contribution in [0.25, 0.3) is 0 Å². The summed E-state index contributed by atoms with van der Waals surface area (Å²) in [5, 5.41) is 20.9. The zero-order valence-electron chi connectivity index (χ0n) is 23.5. The van der Waals surface area contributed by atoms with Crippen LogP contribution in [0.1, 0.15) is 74.6 Å². The molecule has 4 aromatic rings. The van der Waals surface area contributed by atoms with Gasteiger partial charge in [0.2, 0.25) is 5.91 Å². The SMILES string of the molecule is CC(C)[C@@H]1NC(=O)c2csc(n2)[C@H](Cc2ccccc2)NC(=O)CN(Cc2ccn[nH]2)CCCNC(=O)c2csc1n2. The fraction of sp³-hybridized carbons (Fsp3) is 0.379. The van der Waals surface area contributed by atoms with E-state index in [1.54, 1.807) is 17.0 Å². The first-order valence-corrected chi connectivity index (χ1v) is 15.7. The van der Waals surface area contributed by atoms with Crippen molar-refractivity contribution in [3.63, 3.8) is 0 Å². The Balaban J connectivity index is 1.44. The lowest BCUT2D eigenvalue weighted by Crippen LogP contribution is -2.40. The van der Waals surface area contributed by atoms with Gasteiger partial charge in [0.1, 0.15) is 21.4 Å². The molecule has 3 amide bonds. The van der Waals surface area contributed by atoms with Crippen LogP contribution in [0.3, 0.4) is 0 Å². The van der Waals surface area contributed by atoms with Gasteiger partial charge in [-0.3, -0.25) is 24.4 Å². The second kappa shape index (κ2) is 13.8. The molecule has 4 heterocycles. The number of nitrogens with zero attached hydrogens (tertiary/aromatic N) is 4. The van der Waals surface area contributed by atoms with E-state index >= 15 is 0 Å². The minimum absolute atomic E-state index is 0.0363. The highest BCUT2D eigenvalue weighted by Crippen LogP contribution is 2.27. The van der Waals surface area contributed by atoms with Crippen LogP contribution in [0.2, 0.25) is 0 Å². The molecule has 1 aromatic carbocycles. The van der Waals surface area contributed by atoms with Crippen LogP contribution in [-0.4, -0.2) is 62.4 Å². The summed E-state index contributed by atoms with van der Waals surface area (Å²) in [6, 6.07) is 11.0. The van der Waals surface area contributed by atoms with E-state index < -0.39 is 6.04 Å². The zero-order chi connectivity index (χ0) is 29.5. The van der Waals surface area contributed by atoms with Gasteiger partial charge in [0, 0.05) is 42.3 Å². The van der Waals surface area contributed by atoms with E-state index in [0.29, 0.717) is 48.2 Å². The number of nitrogens with one attached hydrogen (secondary N) is 4. The molecule has 42 heavy (non-hydrogen) atoms. The highest BCUT2D eigenvalue weighted by atomic mass is 32.1. The molecule has 1 aliphatic heterocycles. The van der Waals surface area contributed by atoms with Crippen LogP contribution in [0.15, 0.2) is 53.4 Å². The van der Waals surface area contributed by atoms with Gasteiger partial charge in [-0.1, -0.05) is 44.2 Å². The highest BCUT2D eigenvalue weighted by molar-refractivity contribution is 7.10. The normalized spacial score (nSPS) is 19.4. The smallest absolute Gasteiger partial charge is 0.271 e. The molecule has 5 rings (SSSR count). The number of H-pyrrole nitrogens is 1. The van der Waals surface area contributed by atoms with Crippen molar-refractivity contribution in [2.24, 2.45) is 5.92 Å². The average Bonchev–Trinajstić information content (AvgIpc) is 3.76. The summed E-state index contributed by atoms with van der Waals surface area (Å²) in [6.45, 7) is 5.63. The summed E-state index contributed by atoms with van der Waals surface area (Å²) < 4.78 is 0. The number of aromatic nitrogens is 4. The molecule has 2 atom stereocenters. The third-order valence-electron chi connectivity index (χ3n) is 6.90. The maximum atomic E-state index is 13.4. The Morgan fingerprint density at radius 2 is 1.69 bits per heavy atom. The standard InChI is InChI=1S/C29H34N8O3S2/c1-18(2)25-29-34-22(16-42-29)26(39)30-10-6-12-37(14-20-9-11-31-36-20)15-24(38)32-21(13-19-7-4-3-5-8-19)28-33-23(17-41-28)27(40)35-25/h3-5,7-9,11,16-18,21,25H,6,10,12-15H2,1-2H3,(H,30,39)(H,31,36)(H,32,38)(H,35,40)/t21-,25-/m0/s1. The van der Waals surface area contributed by atoms with Gasteiger partial charge in [-0.05, 0) is 30.4 Å². The van der Waals surface area contributed by atoms with Crippen molar-refractivity contribution in [2.75, 3.05) is 19.6 Å². The second-order valence-corrected chi connectivity index (χ2v) is 12.3. The Labute approximate surface area is 252 Å². The molecule has 4 bridgehead atoms. The Kier molecular flexibility index (Phi) is 9.72. The first-order chi connectivity index (χ1) is 20.4. The van der Waals surface area contributed by atoms with E-state index in [0.717, 1.165) is 11.3 Å². The first-order valence-electron chi connectivity index (χ1n) is 13.9. The fourth-order valence-electron chi connectivity index (χ4n) is 4.73. The monoisotopic (exact) mass is 606 g/mol. The minimum atomic E-state index is -0.413. The number of rotatable bonds is 5. The quantitative estimate of drug-likeness (QED) is 0.272. The molecule has 0 radical (unpaired) electrons. The molecule has 0 aliphatic carbocycles. The Hall–Kier alpha value is -3.94. The maximum Gasteiger partial charge on any atom is 0.271 e. The highest BCUT2D eigenvalue weighted by Gasteiger charge is 2.27. The van der Waals surface area contributed by atoms with Crippen LogP contribution in [0.5, 0.6) is 0 Å². The summed E-state index contributed by atoms with van der Waals surface area (Å²) in [4.78, 5) is 50.8. The number of amides is 3. The second-order valence-electron chi connectivity index (χ2n) is 10.5. The lowest BCUT2D eigenvalue weighted by atomic mass is 10.0. The molecule has 4 N–H and O–H groups in total. The van der Waals surface area contributed by atoms with Gasteiger partial charge in [0.15, 0.2) is 0 Å². The lowest BCUT2D eigenvalue weighted by molar-refractivity contribution is -0.123. The summed E-state index contributed by atoms with van der Waals surface area (Å²) in [5.41, 5.74) is 2.53. The maximum absolute atomic E-state index is 13.4. The van der Waals surface area contributed by atoms with Gasteiger partial charge in [-0.2, -0.15) is 5.10 Å². The average molecular weight is 607 g/mol. The van der Waals surface area contributed by atoms with Crippen LogP contribution < -0.4 is 16.0 Å². The fourth-order valence-corrected chi connectivity index (χ4v) is 6.60. The summed E-state index contributed by atoms with van der Waals surface area (Å²) in [7, 11) is 0. The number of fused-ring (bicyclic) bond motifs is 4. The van der Waals surface area contributed by atoms with E-state index in [1.165, 1.54) is 22.7 Å². The topological polar surface area (TPSA) is 145 Å². The number of thiazole rings is 2. The molecule has 0 saturated carbocycles. The number of benzene rings is 1. The van der Waals surface area contributed by atoms with Crippen molar-refractivity contribution in [3.8, 4) is 0 Å². The van der Waals surface area contributed by atoms with Gasteiger partial charge in [0.05, 0.1) is 18.6 Å². The number of carbonyl (C=O) groups excluding carboxylic acids is 3. The third-order valence-corrected chi connectivity index (χ3v) is 8.79. The van der Waals surface area contributed by atoms with E-state index in [2.05, 4.69) is 36.1 Å². The number of carbonyl (C=O) groups is 3. The Bertz CT molecular complexity index is 1490. The van der Waals surface area contributed by atoms with E-state index in [1.807, 2.05) is 55.1 Å². The molecule has 0 saturated heterocycles. The van der Waals surface area contributed by atoms with Gasteiger partial charge >= 0.3 is 0 Å². The molecule has 3 aromatic heterocycles. The number of hydrogen-bond acceptors (Lipinski definition) is 9. The predicted molar refractivity (Wildman–Crippen MR) is 161 cm³/mol. The molecule has 1 aliphatic rings. The minimum Gasteiger partial charge on any atom is -0.351 e. The van der Waals surface area contributed by atoms with Crippen molar-refractivity contribution in [1.82, 2.24) is 41.0 Å². The largest absolute Gasteiger partial charge is 0.351 e. The van der Waals surface area contributed by atoms with Gasteiger partial charge in [0.25, 0.3) is 11.8 Å². The molecule has 220 valence electrons. The molecule has 0 unspecified atom stereocenters. The van der Waals surface area contributed by atoms with Crippen LogP contribution in [0, 0.1) is 5.92 Å². The lowest BCUT2D eigenvalue weighted by Gasteiger charge is -2.23. The summed E-state index contributed by atoms with van der Waals surface area (Å²) in [5.74, 6) is -0.719. The molecule has 11 nitrogen and oxygen atoms in total. The Morgan fingerprint density at radius 3 is 2.43 bits per heavy atom. The molecule has 0 spiro atoms. The Morgan fingerprint density at radius 1 is 0.952 bits per heavy atom. The summed E-state index contributed by atoms with van der Waals surface area (Å²) >= 11 is 2.70. The van der Waals surface area contributed by atoms with Gasteiger partial charge in [-0.15, -0.1) is 22.7 Å². The molecule has 0 fully saturated rings. The molecular weight excluding hydrogens is 573 g/mol. The van der Waals surface area contributed by atoms with Gasteiger partial charge in [-0.25, -0.2) is 9.97 Å². The van der Waals surface area contributed by atoms with Gasteiger partial charge < -0.3 is 16.0 Å². The van der Waals surface area contributed by atoms with Crippen LogP contribution in [0.4, 0.5) is 0 Å². The van der Waals surface area contributed by atoms with E-state index in [9.17, 15) is 14.4 Å². The van der Waals surface area contributed by atoms with Crippen molar-refractivity contribution in [2.45, 2.75) is 45.3 Å². The molecular formula is C29H34N8O3S2. The third kappa shape index (κ3) is 7.66. The number of hydrogen-bond donors (Lipinski definition) is 4. The number of aromatic amines is 1. The summed E-state index contributed by atoms with van der Waals surface area (Å²) in [6.07, 6.45) is 2.85. The van der Waals surface area contributed by atoms with Crippen molar-refractivity contribution < 1.29 is 14.4 Å². The molecule has 13 heteroatoms. The van der Waals surface area contributed by atoms with E-state index in [-0.39, 0.29) is 41.9 Å². The van der Waals surface area contributed by atoms with Crippen molar-refractivity contribution in [1.29, 1.82) is 0 Å². The van der Waals surface area contributed by atoms with Crippen molar-refractivity contribution >= 4 is 40.4 Å². The van der Waals surface area contributed by atoms with Crippen LogP contribution in [-0.2, 0) is 17.8 Å². The van der Waals surface area contributed by atoms with Crippen LogP contribution >= 0.6 is 22.7 Å². The predicted octanol–water partition coefficient (Wildman–Crippen LogP) is 3.49. The van der Waals surface area contributed by atoms with Crippen molar-refractivity contribution in [3.05, 3.63) is 86.0 Å². The first kappa shape index (κ1) is 29.5. The zero-order valence-corrected chi connectivity index (χ0v) is 25.1. The van der Waals surface area contributed by atoms with E-state index in [4.69, 9.17) is 0 Å².